The van der Waals surface area contributed by atoms with Gasteiger partial charge in [-0.15, -0.1) is 0 Å². The van der Waals surface area contributed by atoms with Crippen LogP contribution in [0.5, 0.6) is 0 Å². The molecular weight excluding hydrogens is 223 g/mol. The van der Waals surface area contributed by atoms with Crippen LogP contribution in [0.3, 0.4) is 0 Å². The Labute approximate surface area is 109 Å². The molecule has 0 spiro atoms. The first-order valence-corrected chi connectivity index (χ1v) is 6.71. The predicted molar refractivity (Wildman–Crippen MR) is 73.7 cm³/mol. The van der Waals surface area contributed by atoms with Gasteiger partial charge in [-0.05, 0) is 37.3 Å². The van der Waals surface area contributed by atoms with Crippen molar-refractivity contribution in [1.82, 2.24) is 10.2 Å². The maximum Gasteiger partial charge on any atom is 0.178 e. The zero-order valence-electron chi connectivity index (χ0n) is 10.6. The number of anilines is 1. The molecule has 3 rings (SSSR count). The van der Waals surface area contributed by atoms with Gasteiger partial charge in [-0.2, -0.15) is 0 Å². The minimum atomic E-state index is 0.300. The molecule has 1 aliphatic carbocycles. The van der Waals surface area contributed by atoms with Gasteiger partial charge in [0.1, 0.15) is 5.82 Å². The van der Waals surface area contributed by atoms with E-state index < -0.39 is 0 Å². The van der Waals surface area contributed by atoms with Crippen molar-refractivity contribution in [3.8, 4) is 0 Å². The number of hydrogen-bond donors (Lipinski definition) is 2. The molecule has 0 saturated carbocycles. The Balaban J connectivity index is 1.79. The Morgan fingerprint density at radius 2 is 2.28 bits per heavy atom. The minimum absolute atomic E-state index is 0.300. The molecule has 1 fully saturated rings. The molecular formula is C13H19BN4. The van der Waals surface area contributed by atoms with Crippen molar-refractivity contribution >= 4 is 13.8 Å². The molecule has 5 heteroatoms. The van der Waals surface area contributed by atoms with Crippen LogP contribution in [-0.2, 0) is 12.8 Å². The number of pyridine rings is 1. The van der Waals surface area contributed by atoms with Gasteiger partial charge in [0.2, 0.25) is 0 Å². The van der Waals surface area contributed by atoms with E-state index in [9.17, 15) is 0 Å². The van der Waals surface area contributed by atoms with Gasteiger partial charge in [0.25, 0.3) is 0 Å². The molecule has 0 aromatic carbocycles. The van der Waals surface area contributed by atoms with E-state index in [0.717, 1.165) is 44.6 Å². The van der Waals surface area contributed by atoms with Gasteiger partial charge in [-0.25, -0.2) is 4.98 Å². The van der Waals surface area contributed by atoms with Crippen LogP contribution >= 0.6 is 0 Å². The van der Waals surface area contributed by atoms with Gasteiger partial charge in [0, 0.05) is 30.9 Å². The largest absolute Gasteiger partial charge is 0.363 e. The van der Waals surface area contributed by atoms with Crippen LogP contribution in [0.25, 0.3) is 0 Å². The second-order valence-electron chi connectivity index (χ2n) is 5.38. The number of rotatable bonds is 2. The van der Waals surface area contributed by atoms with E-state index in [1.54, 1.807) is 0 Å². The number of nitrogens with two attached hydrogens (primary N) is 1. The SMILES string of the molecule is [B]NC1CCc2nc(N3CCC(N)C3)ccc2C1. The molecule has 18 heavy (non-hydrogen) atoms. The zero-order valence-corrected chi connectivity index (χ0v) is 10.6. The molecule has 2 heterocycles. The summed E-state index contributed by atoms with van der Waals surface area (Å²) in [7, 11) is 5.51. The van der Waals surface area contributed by atoms with Gasteiger partial charge < -0.3 is 15.9 Å². The summed E-state index contributed by atoms with van der Waals surface area (Å²) < 4.78 is 0. The molecule has 4 nitrogen and oxygen atoms in total. The normalized spacial score (nSPS) is 27.3. The van der Waals surface area contributed by atoms with Crippen LogP contribution in [-0.4, -0.2) is 38.1 Å². The van der Waals surface area contributed by atoms with E-state index in [4.69, 9.17) is 18.7 Å². The van der Waals surface area contributed by atoms with Crippen molar-refractivity contribution in [2.24, 2.45) is 5.73 Å². The number of nitrogens with one attached hydrogen (secondary N) is 1. The van der Waals surface area contributed by atoms with Crippen LogP contribution in [0.4, 0.5) is 5.82 Å². The van der Waals surface area contributed by atoms with E-state index in [0.29, 0.717) is 12.1 Å². The first kappa shape index (κ1) is 12.0. The topological polar surface area (TPSA) is 54.2 Å². The summed E-state index contributed by atoms with van der Waals surface area (Å²) in [6.45, 7) is 1.96. The molecule has 2 radical (unpaired) electrons. The number of fused-ring (bicyclic) bond motifs is 1. The first-order chi connectivity index (χ1) is 8.76. The highest BCUT2D eigenvalue weighted by atomic mass is 15.2. The Morgan fingerprint density at radius 1 is 1.39 bits per heavy atom. The predicted octanol–water partition coefficient (Wildman–Crippen LogP) is 0.149. The summed E-state index contributed by atoms with van der Waals surface area (Å²) in [5, 5.41) is 2.87. The molecule has 2 unspecified atom stereocenters. The molecule has 1 aromatic heterocycles. The van der Waals surface area contributed by atoms with Crippen LogP contribution in [0.15, 0.2) is 12.1 Å². The molecule has 2 aliphatic rings. The lowest BCUT2D eigenvalue weighted by Crippen LogP contribution is -2.33. The number of aryl methyl sites for hydroxylation is 1. The molecule has 0 bridgehead atoms. The second kappa shape index (κ2) is 4.90. The van der Waals surface area contributed by atoms with Crippen molar-refractivity contribution in [2.45, 2.75) is 37.8 Å². The fraction of sp³-hybridized carbons (Fsp3) is 0.615. The standard InChI is InChI=1S/C13H19BN4/c14-17-11-2-3-12-9(7-11)1-4-13(16-12)18-6-5-10(15)8-18/h1,4,10-11,17H,2-3,5-8,15H2. The zero-order chi connectivity index (χ0) is 12.5. The van der Waals surface area contributed by atoms with E-state index in [2.05, 4.69) is 22.3 Å². The van der Waals surface area contributed by atoms with Gasteiger partial charge >= 0.3 is 0 Å². The Morgan fingerprint density at radius 3 is 3.00 bits per heavy atom. The number of nitrogens with zero attached hydrogens (tertiary/aromatic N) is 2. The van der Waals surface area contributed by atoms with Gasteiger partial charge in [0.15, 0.2) is 7.98 Å². The number of hydrogen-bond acceptors (Lipinski definition) is 4. The monoisotopic (exact) mass is 242 g/mol. The van der Waals surface area contributed by atoms with E-state index in [1.807, 2.05) is 0 Å². The third-order valence-electron chi connectivity index (χ3n) is 4.03. The average molecular weight is 242 g/mol. The van der Waals surface area contributed by atoms with Gasteiger partial charge in [-0.1, -0.05) is 6.07 Å². The van der Waals surface area contributed by atoms with Crippen molar-refractivity contribution in [3.63, 3.8) is 0 Å². The lowest BCUT2D eigenvalue weighted by Gasteiger charge is -2.25. The fourth-order valence-corrected chi connectivity index (χ4v) is 2.91. The summed E-state index contributed by atoms with van der Waals surface area (Å²) in [4.78, 5) is 7.09. The Bertz CT molecular complexity index is 437. The smallest absolute Gasteiger partial charge is 0.178 e. The van der Waals surface area contributed by atoms with Gasteiger partial charge in [-0.3, -0.25) is 0 Å². The van der Waals surface area contributed by atoms with Crippen molar-refractivity contribution in [2.75, 3.05) is 18.0 Å². The minimum Gasteiger partial charge on any atom is -0.363 e. The summed E-state index contributed by atoms with van der Waals surface area (Å²) in [5.74, 6) is 1.08. The molecule has 1 saturated heterocycles. The molecule has 3 N–H and O–H groups in total. The summed E-state index contributed by atoms with van der Waals surface area (Å²) in [6, 6.07) is 5.01. The fourth-order valence-electron chi connectivity index (χ4n) is 2.91. The second-order valence-corrected chi connectivity index (χ2v) is 5.38. The summed E-state index contributed by atoms with van der Waals surface area (Å²) >= 11 is 0. The van der Waals surface area contributed by atoms with Gasteiger partial charge in [0.05, 0.1) is 0 Å². The van der Waals surface area contributed by atoms with Crippen molar-refractivity contribution < 1.29 is 0 Å². The Kier molecular flexibility index (Phi) is 3.26. The van der Waals surface area contributed by atoms with E-state index in [1.165, 1.54) is 11.3 Å². The van der Waals surface area contributed by atoms with Crippen LogP contribution in [0, 0.1) is 0 Å². The molecule has 1 aliphatic heterocycles. The highest BCUT2D eigenvalue weighted by Gasteiger charge is 2.23. The Hall–Kier alpha value is -1.07. The number of aromatic nitrogens is 1. The van der Waals surface area contributed by atoms with Crippen LogP contribution in [0.2, 0.25) is 0 Å². The average Bonchev–Trinajstić information content (AvgIpc) is 2.84. The summed E-state index contributed by atoms with van der Waals surface area (Å²) in [5.41, 5.74) is 8.51. The maximum atomic E-state index is 5.94. The molecule has 94 valence electrons. The molecule has 1 aromatic rings. The third kappa shape index (κ3) is 2.25. The van der Waals surface area contributed by atoms with E-state index in [-0.39, 0.29) is 0 Å². The van der Waals surface area contributed by atoms with Crippen LogP contribution in [0.1, 0.15) is 24.1 Å². The quantitative estimate of drug-likeness (QED) is 0.725. The third-order valence-corrected chi connectivity index (χ3v) is 4.03. The summed E-state index contributed by atoms with van der Waals surface area (Å²) in [6.07, 6.45) is 4.13. The van der Waals surface area contributed by atoms with Crippen molar-refractivity contribution in [3.05, 3.63) is 23.4 Å². The lowest BCUT2D eigenvalue weighted by atomic mass is 9.91. The first-order valence-electron chi connectivity index (χ1n) is 6.71. The van der Waals surface area contributed by atoms with Crippen LogP contribution < -0.4 is 15.9 Å². The maximum absolute atomic E-state index is 5.94. The lowest BCUT2D eigenvalue weighted by molar-refractivity contribution is 0.532. The molecule has 2 atom stereocenters. The highest BCUT2D eigenvalue weighted by molar-refractivity contribution is 6.04. The highest BCUT2D eigenvalue weighted by Crippen LogP contribution is 2.24. The molecule has 0 amide bonds. The van der Waals surface area contributed by atoms with E-state index >= 15 is 0 Å². The van der Waals surface area contributed by atoms with Crippen molar-refractivity contribution in [1.29, 1.82) is 0 Å².